The van der Waals surface area contributed by atoms with E-state index in [2.05, 4.69) is 10.3 Å². The van der Waals surface area contributed by atoms with E-state index in [-0.39, 0.29) is 10.5 Å². The largest absolute Gasteiger partial charge is 0.298 e. The van der Waals surface area contributed by atoms with E-state index in [1.807, 2.05) is 31.2 Å². The fraction of sp³-hybridized carbons (Fsp3) is 0.158. The van der Waals surface area contributed by atoms with Gasteiger partial charge in [0.25, 0.3) is 5.91 Å². The Hall–Kier alpha value is -2.22. The first kappa shape index (κ1) is 19.5. The molecule has 2 aromatic carbocycles. The monoisotopic (exact) mass is 420 g/mol. The third-order valence-corrected chi connectivity index (χ3v) is 6.50. The van der Waals surface area contributed by atoms with Gasteiger partial charge >= 0.3 is 0 Å². The number of amides is 1. The molecule has 0 saturated heterocycles. The molecule has 0 unspecified atom stereocenters. The van der Waals surface area contributed by atoms with Gasteiger partial charge in [0.15, 0.2) is 15.0 Å². The molecule has 0 aliphatic carbocycles. The summed E-state index contributed by atoms with van der Waals surface area (Å²) < 4.78 is 23.3. The van der Waals surface area contributed by atoms with E-state index in [1.54, 1.807) is 12.1 Å². The van der Waals surface area contributed by atoms with Crippen molar-refractivity contribution in [3.63, 3.8) is 0 Å². The number of hydrogen-bond donors (Lipinski definition) is 1. The average molecular weight is 421 g/mol. The number of nitrogens with zero attached hydrogens (tertiary/aromatic N) is 1. The van der Waals surface area contributed by atoms with Crippen LogP contribution in [0.1, 0.15) is 26.5 Å². The number of hydrogen-bond acceptors (Lipinski definition) is 5. The minimum absolute atomic E-state index is 0.102. The van der Waals surface area contributed by atoms with Gasteiger partial charge in [0, 0.05) is 28.1 Å². The summed E-state index contributed by atoms with van der Waals surface area (Å²) in [6, 6.07) is 13.5. The lowest BCUT2D eigenvalue weighted by Gasteiger charge is -2.04. The lowest BCUT2D eigenvalue weighted by atomic mass is 10.1. The van der Waals surface area contributed by atoms with Crippen LogP contribution in [0.2, 0.25) is 5.02 Å². The van der Waals surface area contributed by atoms with Crippen LogP contribution >= 0.6 is 22.9 Å². The molecule has 0 atom stereocenters. The Balaban J connectivity index is 1.79. The highest BCUT2D eigenvalue weighted by atomic mass is 35.5. The summed E-state index contributed by atoms with van der Waals surface area (Å²) in [4.78, 5) is 18.0. The smallest absolute Gasteiger partial charge is 0.257 e. The van der Waals surface area contributed by atoms with Crippen molar-refractivity contribution in [1.82, 2.24) is 4.98 Å². The van der Waals surface area contributed by atoms with Gasteiger partial charge in [0.05, 0.1) is 10.6 Å². The normalized spacial score (nSPS) is 11.4. The molecule has 0 bridgehead atoms. The molecule has 140 valence electrons. The second-order valence-electron chi connectivity index (χ2n) is 6.05. The predicted molar refractivity (Wildman–Crippen MR) is 109 cm³/mol. The third kappa shape index (κ3) is 4.74. The summed E-state index contributed by atoms with van der Waals surface area (Å²) in [6.45, 7) is 1.88. The van der Waals surface area contributed by atoms with Crippen molar-refractivity contribution in [2.75, 3.05) is 11.6 Å². The molecule has 1 heterocycles. The Kier molecular flexibility index (Phi) is 5.64. The van der Waals surface area contributed by atoms with Crippen LogP contribution in [0.15, 0.2) is 53.4 Å². The van der Waals surface area contributed by atoms with E-state index >= 15 is 0 Å². The minimum atomic E-state index is -3.38. The topological polar surface area (TPSA) is 76.1 Å². The van der Waals surface area contributed by atoms with Gasteiger partial charge in [-0.3, -0.25) is 10.1 Å². The zero-order valence-corrected chi connectivity index (χ0v) is 17.1. The summed E-state index contributed by atoms with van der Waals surface area (Å²) in [5.74, 6) is -0.404. The molecule has 0 fully saturated rings. The average Bonchev–Trinajstić information content (AvgIpc) is 2.95. The number of thiazole rings is 1. The summed E-state index contributed by atoms with van der Waals surface area (Å²) >= 11 is 7.59. The van der Waals surface area contributed by atoms with Gasteiger partial charge in [-0.2, -0.15) is 0 Å². The van der Waals surface area contributed by atoms with E-state index in [9.17, 15) is 13.2 Å². The molecule has 5 nitrogen and oxygen atoms in total. The fourth-order valence-corrected chi connectivity index (χ4v) is 4.35. The second kappa shape index (κ2) is 7.80. The number of rotatable bonds is 5. The van der Waals surface area contributed by atoms with Crippen molar-refractivity contribution in [3.8, 4) is 0 Å². The molecule has 1 aromatic heterocycles. The van der Waals surface area contributed by atoms with Crippen molar-refractivity contribution in [3.05, 3.63) is 75.3 Å². The molecule has 0 aliphatic heterocycles. The van der Waals surface area contributed by atoms with E-state index in [0.29, 0.717) is 16.6 Å². The molecule has 1 N–H and O–H groups in total. The highest BCUT2D eigenvalue weighted by Gasteiger charge is 2.15. The van der Waals surface area contributed by atoms with E-state index in [1.165, 1.54) is 23.5 Å². The van der Waals surface area contributed by atoms with Gasteiger partial charge in [0.2, 0.25) is 0 Å². The van der Waals surface area contributed by atoms with Crippen LogP contribution in [0.3, 0.4) is 0 Å². The number of sulfone groups is 1. The molecule has 0 radical (unpaired) electrons. The van der Waals surface area contributed by atoms with E-state index < -0.39 is 15.7 Å². The van der Waals surface area contributed by atoms with Crippen LogP contribution in [0.5, 0.6) is 0 Å². The highest BCUT2D eigenvalue weighted by molar-refractivity contribution is 7.90. The number of benzene rings is 2. The Labute approximate surface area is 167 Å². The van der Waals surface area contributed by atoms with Crippen LogP contribution < -0.4 is 5.32 Å². The number of anilines is 1. The number of carbonyl (C=O) groups is 1. The molecule has 0 saturated carbocycles. The first-order valence-electron chi connectivity index (χ1n) is 8.05. The van der Waals surface area contributed by atoms with Gasteiger partial charge in [0.1, 0.15) is 0 Å². The lowest BCUT2D eigenvalue weighted by Crippen LogP contribution is -2.12. The van der Waals surface area contributed by atoms with Gasteiger partial charge < -0.3 is 0 Å². The van der Waals surface area contributed by atoms with Crippen LogP contribution in [0.4, 0.5) is 5.13 Å². The number of nitrogens with one attached hydrogen (secondary N) is 1. The molecular weight excluding hydrogens is 404 g/mol. The fourth-order valence-electron chi connectivity index (χ4n) is 2.50. The quantitative estimate of drug-likeness (QED) is 0.665. The molecule has 3 rings (SSSR count). The Bertz CT molecular complexity index is 1110. The van der Waals surface area contributed by atoms with Crippen molar-refractivity contribution in [2.45, 2.75) is 18.2 Å². The summed E-state index contributed by atoms with van der Waals surface area (Å²) in [5.41, 5.74) is 2.07. The SMILES string of the molecule is Cc1nc(NC(=O)c2cccc(S(C)(=O)=O)c2)sc1Cc1ccccc1Cl. The Morgan fingerprint density at radius 3 is 2.63 bits per heavy atom. The van der Waals surface area contributed by atoms with Crippen LogP contribution in [-0.2, 0) is 16.3 Å². The maximum Gasteiger partial charge on any atom is 0.257 e. The first-order valence-corrected chi connectivity index (χ1v) is 11.1. The Morgan fingerprint density at radius 2 is 1.93 bits per heavy atom. The number of carbonyl (C=O) groups excluding carboxylic acids is 1. The number of halogens is 1. The molecule has 27 heavy (non-hydrogen) atoms. The van der Waals surface area contributed by atoms with Crippen molar-refractivity contribution >= 4 is 43.8 Å². The predicted octanol–water partition coefficient (Wildman–Crippen LogP) is 4.35. The van der Waals surface area contributed by atoms with Gasteiger partial charge in [-0.15, -0.1) is 11.3 Å². The van der Waals surface area contributed by atoms with Gasteiger partial charge in [-0.05, 0) is 36.8 Å². The van der Waals surface area contributed by atoms with Gasteiger partial charge in [-0.25, -0.2) is 13.4 Å². The standard InChI is InChI=1S/C19H17ClN2O3S2/c1-12-17(11-13-6-3-4-9-16(13)20)26-19(21-12)22-18(23)14-7-5-8-15(10-14)27(2,24)25/h3-10H,11H2,1-2H3,(H,21,22,23). The maximum absolute atomic E-state index is 12.5. The van der Waals surface area contributed by atoms with Crippen LogP contribution in [0.25, 0.3) is 0 Å². The second-order valence-corrected chi connectivity index (χ2v) is 9.56. The third-order valence-electron chi connectivity index (χ3n) is 3.95. The van der Waals surface area contributed by atoms with Crippen molar-refractivity contribution in [2.24, 2.45) is 0 Å². The molecule has 1 amide bonds. The zero-order valence-electron chi connectivity index (χ0n) is 14.7. The van der Waals surface area contributed by atoms with Gasteiger partial charge in [-0.1, -0.05) is 35.9 Å². The molecule has 8 heteroatoms. The molecular formula is C19H17ClN2O3S2. The van der Waals surface area contributed by atoms with Crippen LogP contribution in [-0.4, -0.2) is 25.6 Å². The molecule has 0 aliphatic rings. The van der Waals surface area contributed by atoms with Crippen molar-refractivity contribution < 1.29 is 13.2 Å². The number of aryl methyl sites for hydroxylation is 1. The van der Waals surface area contributed by atoms with Crippen LogP contribution in [0, 0.1) is 6.92 Å². The lowest BCUT2D eigenvalue weighted by molar-refractivity contribution is 0.102. The first-order chi connectivity index (χ1) is 12.7. The summed E-state index contributed by atoms with van der Waals surface area (Å²) in [5, 5.41) is 3.89. The Morgan fingerprint density at radius 1 is 1.19 bits per heavy atom. The summed E-state index contributed by atoms with van der Waals surface area (Å²) in [7, 11) is -3.38. The maximum atomic E-state index is 12.5. The van der Waals surface area contributed by atoms with E-state index in [4.69, 9.17) is 11.6 Å². The number of aromatic nitrogens is 1. The minimum Gasteiger partial charge on any atom is -0.298 e. The van der Waals surface area contributed by atoms with E-state index in [0.717, 1.165) is 22.4 Å². The molecule has 3 aromatic rings. The zero-order chi connectivity index (χ0) is 19.6. The summed E-state index contributed by atoms with van der Waals surface area (Å²) in [6.07, 6.45) is 1.73. The van der Waals surface area contributed by atoms with Crippen molar-refractivity contribution in [1.29, 1.82) is 0 Å². The molecule has 0 spiro atoms. The highest BCUT2D eigenvalue weighted by Crippen LogP contribution is 2.28.